The molecule has 1 N–H and O–H groups in total. The van der Waals surface area contributed by atoms with Crippen LogP contribution in [0, 0.1) is 17.6 Å². The van der Waals surface area contributed by atoms with Crippen LogP contribution >= 0.6 is 12.2 Å². The van der Waals surface area contributed by atoms with E-state index >= 15 is 0 Å². The number of aryl methyl sites for hydroxylation is 1. The van der Waals surface area contributed by atoms with Crippen LogP contribution in [0.5, 0.6) is 0 Å². The molecule has 1 fully saturated rings. The number of hydrogen-bond acceptors (Lipinski definition) is 1. The van der Waals surface area contributed by atoms with E-state index in [0.717, 1.165) is 10.7 Å². The topological polar surface area (TPSA) is 20.7 Å². The number of hydrogen-bond donors (Lipinski definition) is 1. The maximum absolute atomic E-state index is 5.46. The van der Waals surface area contributed by atoms with Crippen molar-refractivity contribution in [2.24, 2.45) is 5.92 Å². The third-order valence-corrected chi connectivity index (χ3v) is 4.05. The molecule has 2 atom stereocenters. The molecule has 3 rings (SSSR count). The fourth-order valence-corrected chi connectivity index (χ4v) is 3.13. The van der Waals surface area contributed by atoms with Crippen molar-refractivity contribution in [2.45, 2.75) is 39.2 Å². The Kier molecular flexibility index (Phi) is 2.58. The largest absolute Gasteiger partial charge is 0.331 e. The predicted octanol–water partition coefficient (Wildman–Crippen LogP) is 4.37. The van der Waals surface area contributed by atoms with Crippen molar-refractivity contribution in [2.75, 3.05) is 0 Å². The van der Waals surface area contributed by atoms with E-state index in [2.05, 4.69) is 41.6 Å². The molecule has 1 aromatic heterocycles. The van der Waals surface area contributed by atoms with Crippen LogP contribution in [0.2, 0.25) is 0 Å². The van der Waals surface area contributed by atoms with E-state index in [9.17, 15) is 0 Å². The van der Waals surface area contributed by atoms with E-state index in [1.165, 1.54) is 35.9 Å². The van der Waals surface area contributed by atoms with Crippen LogP contribution in [-0.2, 0) is 0 Å². The number of imidazole rings is 1. The van der Waals surface area contributed by atoms with E-state index in [1.807, 2.05) is 0 Å². The summed E-state index contributed by atoms with van der Waals surface area (Å²) in [6.45, 7) is 4.39. The van der Waals surface area contributed by atoms with Gasteiger partial charge in [0.1, 0.15) is 0 Å². The smallest absolute Gasteiger partial charge is 0.178 e. The van der Waals surface area contributed by atoms with E-state index < -0.39 is 0 Å². The van der Waals surface area contributed by atoms with Crippen molar-refractivity contribution in [1.82, 2.24) is 9.55 Å². The molecule has 17 heavy (non-hydrogen) atoms. The molecule has 0 spiro atoms. The van der Waals surface area contributed by atoms with Gasteiger partial charge in [-0.15, -0.1) is 0 Å². The first-order valence-electron chi connectivity index (χ1n) is 6.41. The third-order valence-electron chi connectivity index (χ3n) is 3.75. The molecule has 1 aromatic carbocycles. The number of rotatable bonds is 3. The Morgan fingerprint density at radius 1 is 1.47 bits per heavy atom. The van der Waals surface area contributed by atoms with Crippen molar-refractivity contribution < 1.29 is 0 Å². The quantitative estimate of drug-likeness (QED) is 0.798. The average Bonchev–Trinajstić information content (AvgIpc) is 2.94. The van der Waals surface area contributed by atoms with Gasteiger partial charge in [-0.25, -0.2) is 0 Å². The Labute approximate surface area is 107 Å². The van der Waals surface area contributed by atoms with Gasteiger partial charge in [-0.3, -0.25) is 0 Å². The van der Waals surface area contributed by atoms with Gasteiger partial charge in [0, 0.05) is 6.04 Å². The van der Waals surface area contributed by atoms with Gasteiger partial charge < -0.3 is 9.55 Å². The predicted molar refractivity (Wildman–Crippen MR) is 73.9 cm³/mol. The Morgan fingerprint density at radius 2 is 2.29 bits per heavy atom. The molecule has 2 unspecified atom stereocenters. The molecule has 2 aromatic rings. The van der Waals surface area contributed by atoms with E-state index in [0.29, 0.717) is 6.04 Å². The normalized spacial score (nSPS) is 23.2. The number of nitrogens with zero attached hydrogens (tertiary/aromatic N) is 1. The number of fused-ring (bicyclic) bond motifs is 1. The fourth-order valence-electron chi connectivity index (χ4n) is 2.79. The molecular weight excluding hydrogens is 228 g/mol. The van der Waals surface area contributed by atoms with Gasteiger partial charge in [0.05, 0.1) is 11.0 Å². The van der Waals surface area contributed by atoms with Gasteiger partial charge in [0.15, 0.2) is 4.77 Å². The van der Waals surface area contributed by atoms with Crippen molar-refractivity contribution >= 4 is 23.3 Å². The van der Waals surface area contributed by atoms with Crippen LogP contribution < -0.4 is 0 Å². The lowest BCUT2D eigenvalue weighted by molar-refractivity contribution is 0.613. The molecule has 1 aliphatic rings. The summed E-state index contributed by atoms with van der Waals surface area (Å²) in [4.78, 5) is 3.32. The van der Waals surface area contributed by atoms with Gasteiger partial charge in [0.25, 0.3) is 0 Å². The molecule has 0 amide bonds. The molecule has 0 bridgehead atoms. The third kappa shape index (κ3) is 1.82. The van der Waals surface area contributed by atoms with Crippen LogP contribution in [-0.4, -0.2) is 9.55 Å². The molecule has 1 saturated carbocycles. The standard InChI is InChI=1S/C14H18N2S/c1-3-4-10-8-12(10)16-13-7-9(2)5-6-11(13)15-14(16)17/h5-7,10,12H,3-4,8H2,1-2H3,(H,15,17). The Hall–Kier alpha value is -1.09. The second-order valence-corrected chi connectivity index (χ2v) is 5.56. The number of H-pyrrole nitrogens is 1. The zero-order valence-electron chi connectivity index (χ0n) is 10.4. The van der Waals surface area contributed by atoms with Crippen LogP contribution in [0.15, 0.2) is 18.2 Å². The van der Waals surface area contributed by atoms with Crippen LogP contribution in [0.4, 0.5) is 0 Å². The Morgan fingerprint density at radius 3 is 3.06 bits per heavy atom. The minimum absolute atomic E-state index is 0.637. The average molecular weight is 246 g/mol. The molecule has 3 heteroatoms. The summed E-state index contributed by atoms with van der Waals surface area (Å²) in [6.07, 6.45) is 3.89. The SMILES string of the molecule is CCCC1CC1n1c(=S)[nH]c2ccc(C)cc21. The van der Waals surface area contributed by atoms with Crippen LogP contribution in [0.3, 0.4) is 0 Å². The van der Waals surface area contributed by atoms with Gasteiger partial charge in [-0.2, -0.15) is 0 Å². The van der Waals surface area contributed by atoms with Crippen molar-refractivity contribution in [3.8, 4) is 0 Å². The molecule has 1 aliphatic carbocycles. The second kappa shape index (κ2) is 3.98. The van der Waals surface area contributed by atoms with E-state index in [1.54, 1.807) is 0 Å². The summed E-state index contributed by atoms with van der Waals surface area (Å²) < 4.78 is 3.21. The number of aromatic amines is 1. The summed E-state index contributed by atoms with van der Waals surface area (Å²) in [5.41, 5.74) is 3.74. The summed E-state index contributed by atoms with van der Waals surface area (Å²) in [5.74, 6) is 0.839. The Bertz CT molecular complexity index is 608. The first-order chi connectivity index (χ1) is 8.20. The van der Waals surface area contributed by atoms with Gasteiger partial charge in [-0.1, -0.05) is 19.4 Å². The lowest BCUT2D eigenvalue weighted by Crippen LogP contribution is -1.96. The molecule has 0 aliphatic heterocycles. The molecule has 2 nitrogen and oxygen atoms in total. The maximum Gasteiger partial charge on any atom is 0.178 e. The first-order valence-corrected chi connectivity index (χ1v) is 6.82. The minimum Gasteiger partial charge on any atom is -0.331 e. The fraction of sp³-hybridized carbons (Fsp3) is 0.500. The van der Waals surface area contributed by atoms with Gasteiger partial charge in [0.2, 0.25) is 0 Å². The molecule has 0 radical (unpaired) electrons. The summed E-state index contributed by atoms with van der Waals surface area (Å²) >= 11 is 5.46. The lowest BCUT2D eigenvalue weighted by atomic mass is 10.2. The zero-order chi connectivity index (χ0) is 12.0. The highest BCUT2D eigenvalue weighted by molar-refractivity contribution is 7.71. The van der Waals surface area contributed by atoms with Crippen molar-refractivity contribution in [1.29, 1.82) is 0 Å². The second-order valence-electron chi connectivity index (χ2n) is 5.17. The Balaban J connectivity index is 2.07. The zero-order valence-corrected chi connectivity index (χ0v) is 11.2. The monoisotopic (exact) mass is 246 g/mol. The first kappa shape index (κ1) is 11.0. The summed E-state index contributed by atoms with van der Waals surface area (Å²) in [6, 6.07) is 7.14. The number of nitrogens with one attached hydrogen (secondary N) is 1. The minimum atomic E-state index is 0.637. The molecule has 90 valence electrons. The number of benzene rings is 1. The van der Waals surface area contributed by atoms with Gasteiger partial charge >= 0.3 is 0 Å². The van der Waals surface area contributed by atoms with Crippen LogP contribution in [0.1, 0.15) is 37.8 Å². The van der Waals surface area contributed by atoms with Gasteiger partial charge in [-0.05, 0) is 55.6 Å². The van der Waals surface area contributed by atoms with E-state index in [4.69, 9.17) is 12.2 Å². The van der Waals surface area contributed by atoms with E-state index in [-0.39, 0.29) is 0 Å². The van der Waals surface area contributed by atoms with Crippen molar-refractivity contribution in [3.05, 3.63) is 28.5 Å². The van der Waals surface area contributed by atoms with Crippen molar-refractivity contribution in [3.63, 3.8) is 0 Å². The molecule has 1 heterocycles. The van der Waals surface area contributed by atoms with Crippen LogP contribution in [0.25, 0.3) is 11.0 Å². The molecular formula is C14H18N2S. The maximum atomic E-state index is 5.46. The highest BCUT2D eigenvalue weighted by atomic mass is 32.1. The molecule has 0 saturated heterocycles. The highest BCUT2D eigenvalue weighted by Gasteiger charge is 2.38. The summed E-state index contributed by atoms with van der Waals surface area (Å²) in [5, 5.41) is 0. The summed E-state index contributed by atoms with van der Waals surface area (Å²) in [7, 11) is 0. The number of aromatic nitrogens is 2. The highest BCUT2D eigenvalue weighted by Crippen LogP contribution is 2.47. The lowest BCUT2D eigenvalue weighted by Gasteiger charge is -2.04.